The van der Waals surface area contributed by atoms with E-state index in [4.69, 9.17) is 5.26 Å². The number of aryl methyl sites for hydroxylation is 2. The second-order valence-electron chi connectivity index (χ2n) is 4.12. The lowest BCUT2D eigenvalue weighted by atomic mass is 10.2. The number of amides is 1. The van der Waals surface area contributed by atoms with Crippen LogP contribution in [0.5, 0.6) is 0 Å². The Morgan fingerprint density at radius 2 is 2.16 bits per heavy atom. The quantitative estimate of drug-likeness (QED) is 0.910. The first-order valence-corrected chi connectivity index (χ1v) is 5.98. The highest BCUT2D eigenvalue weighted by atomic mass is 16.1. The smallest absolute Gasteiger partial charge is 0.256 e. The molecule has 2 rings (SSSR count). The molecule has 0 atom stereocenters. The molecule has 0 radical (unpaired) electrons. The Hall–Kier alpha value is -2.61. The van der Waals surface area contributed by atoms with Crippen molar-refractivity contribution in [3.63, 3.8) is 0 Å². The van der Waals surface area contributed by atoms with E-state index in [0.717, 1.165) is 5.69 Å². The van der Waals surface area contributed by atoms with Gasteiger partial charge in [-0.15, -0.1) is 0 Å². The lowest BCUT2D eigenvalue weighted by molar-refractivity contribution is 0.102. The molecule has 0 aliphatic carbocycles. The summed E-state index contributed by atoms with van der Waals surface area (Å²) in [5.74, 6) is 0.431. The molecular weight excluding hydrogens is 240 g/mol. The van der Waals surface area contributed by atoms with E-state index in [2.05, 4.69) is 16.5 Å². The van der Waals surface area contributed by atoms with E-state index in [9.17, 15) is 4.79 Å². The van der Waals surface area contributed by atoms with Crippen molar-refractivity contribution < 1.29 is 4.79 Å². The van der Waals surface area contributed by atoms with Crippen LogP contribution in [0.2, 0.25) is 0 Å². The predicted octanol–water partition coefficient (Wildman–Crippen LogP) is 2.36. The van der Waals surface area contributed by atoms with E-state index < -0.39 is 0 Å². The first-order valence-electron chi connectivity index (χ1n) is 5.98. The minimum Gasteiger partial charge on any atom is -0.307 e. The van der Waals surface area contributed by atoms with Gasteiger partial charge in [-0.1, -0.05) is 18.2 Å². The maximum Gasteiger partial charge on any atom is 0.256 e. The van der Waals surface area contributed by atoms with Gasteiger partial charge in [0.2, 0.25) is 0 Å². The number of anilines is 1. The zero-order valence-corrected chi connectivity index (χ0v) is 10.6. The molecule has 19 heavy (non-hydrogen) atoms. The molecule has 1 aromatic carbocycles. The second kappa shape index (κ2) is 5.83. The molecule has 5 nitrogen and oxygen atoms in total. The summed E-state index contributed by atoms with van der Waals surface area (Å²) in [5, 5.41) is 15.7. The van der Waals surface area contributed by atoms with E-state index in [1.54, 1.807) is 22.9 Å². The normalized spacial score (nSPS) is 9.89. The highest BCUT2D eigenvalue weighted by Crippen LogP contribution is 2.12. The van der Waals surface area contributed by atoms with Crippen molar-refractivity contribution in [2.45, 2.75) is 19.9 Å². The van der Waals surface area contributed by atoms with E-state index in [1.165, 1.54) is 0 Å². The third kappa shape index (κ3) is 3.19. The zero-order valence-electron chi connectivity index (χ0n) is 10.6. The van der Waals surface area contributed by atoms with Crippen molar-refractivity contribution >= 4 is 11.7 Å². The van der Waals surface area contributed by atoms with Gasteiger partial charge in [-0.05, 0) is 19.1 Å². The van der Waals surface area contributed by atoms with Crippen LogP contribution in [0, 0.1) is 18.3 Å². The number of carbonyl (C=O) groups is 1. The molecule has 2 aromatic rings. The van der Waals surface area contributed by atoms with Crippen LogP contribution in [0.25, 0.3) is 0 Å². The first-order chi connectivity index (χ1) is 9.20. The molecule has 1 amide bonds. The molecule has 96 valence electrons. The van der Waals surface area contributed by atoms with Gasteiger partial charge in [0.05, 0.1) is 24.7 Å². The number of nitrogens with zero attached hydrogens (tertiary/aromatic N) is 3. The predicted molar refractivity (Wildman–Crippen MR) is 71.6 cm³/mol. The maximum atomic E-state index is 12.0. The fourth-order valence-corrected chi connectivity index (χ4v) is 1.75. The molecule has 0 aliphatic rings. The number of rotatable bonds is 4. The van der Waals surface area contributed by atoms with Gasteiger partial charge in [0.1, 0.15) is 5.82 Å². The van der Waals surface area contributed by atoms with E-state index in [-0.39, 0.29) is 5.91 Å². The fraction of sp³-hybridized carbons (Fsp3) is 0.214. The number of benzene rings is 1. The van der Waals surface area contributed by atoms with Crippen molar-refractivity contribution in [1.82, 2.24) is 9.78 Å². The van der Waals surface area contributed by atoms with Crippen molar-refractivity contribution in [2.24, 2.45) is 0 Å². The third-order valence-corrected chi connectivity index (χ3v) is 2.62. The van der Waals surface area contributed by atoms with E-state index in [1.807, 2.05) is 25.1 Å². The monoisotopic (exact) mass is 254 g/mol. The Morgan fingerprint density at radius 3 is 2.84 bits per heavy atom. The van der Waals surface area contributed by atoms with Gasteiger partial charge in [-0.3, -0.25) is 4.79 Å². The van der Waals surface area contributed by atoms with Gasteiger partial charge >= 0.3 is 0 Å². The summed E-state index contributed by atoms with van der Waals surface area (Å²) in [6.07, 6.45) is 0.356. The topological polar surface area (TPSA) is 70.7 Å². The van der Waals surface area contributed by atoms with Crippen molar-refractivity contribution in [2.75, 3.05) is 5.32 Å². The number of nitriles is 1. The molecule has 0 unspecified atom stereocenters. The molecular formula is C14H14N4O. The number of hydrogen-bond acceptors (Lipinski definition) is 3. The van der Waals surface area contributed by atoms with Crippen LogP contribution in [0.15, 0.2) is 36.4 Å². The molecule has 0 aliphatic heterocycles. The summed E-state index contributed by atoms with van der Waals surface area (Å²) < 4.78 is 1.64. The molecule has 1 heterocycles. The van der Waals surface area contributed by atoms with Crippen molar-refractivity contribution in [1.29, 1.82) is 5.26 Å². The summed E-state index contributed by atoms with van der Waals surface area (Å²) in [6.45, 7) is 2.32. The van der Waals surface area contributed by atoms with Crippen LogP contribution in [0.1, 0.15) is 22.5 Å². The van der Waals surface area contributed by atoms with Gasteiger partial charge < -0.3 is 5.32 Å². The fourth-order valence-electron chi connectivity index (χ4n) is 1.75. The molecule has 0 bridgehead atoms. The summed E-state index contributed by atoms with van der Waals surface area (Å²) in [4.78, 5) is 12.0. The van der Waals surface area contributed by atoms with E-state index in [0.29, 0.717) is 24.3 Å². The number of aromatic nitrogens is 2. The van der Waals surface area contributed by atoms with Gasteiger partial charge in [0, 0.05) is 11.6 Å². The standard InChI is InChI=1S/C14H14N4O/c1-11-10-13(18(17-11)9-5-8-15)16-14(19)12-6-3-2-4-7-12/h2-4,6-7,10H,5,9H2,1H3,(H,16,19). The highest BCUT2D eigenvalue weighted by Gasteiger charge is 2.10. The average Bonchev–Trinajstić information content (AvgIpc) is 2.77. The number of hydrogen-bond donors (Lipinski definition) is 1. The lowest BCUT2D eigenvalue weighted by Crippen LogP contribution is -2.15. The SMILES string of the molecule is Cc1cc(NC(=O)c2ccccc2)n(CCC#N)n1. The summed E-state index contributed by atoms with van der Waals surface area (Å²) in [6, 6.07) is 12.8. The second-order valence-corrected chi connectivity index (χ2v) is 4.12. The van der Waals surface area contributed by atoms with Gasteiger partial charge in [-0.25, -0.2) is 4.68 Å². The average molecular weight is 254 g/mol. The van der Waals surface area contributed by atoms with Crippen molar-refractivity contribution in [3.05, 3.63) is 47.7 Å². The van der Waals surface area contributed by atoms with Gasteiger partial charge in [-0.2, -0.15) is 10.4 Å². The number of nitrogens with one attached hydrogen (secondary N) is 1. The zero-order chi connectivity index (χ0) is 13.7. The Kier molecular flexibility index (Phi) is 3.94. The third-order valence-electron chi connectivity index (χ3n) is 2.62. The minimum absolute atomic E-state index is 0.182. The Morgan fingerprint density at radius 1 is 1.42 bits per heavy atom. The number of carbonyl (C=O) groups excluding carboxylic acids is 1. The largest absolute Gasteiger partial charge is 0.307 e. The molecule has 0 saturated heterocycles. The molecule has 0 saturated carbocycles. The Balaban J connectivity index is 2.15. The minimum atomic E-state index is -0.182. The molecule has 0 fully saturated rings. The van der Waals surface area contributed by atoms with Crippen molar-refractivity contribution in [3.8, 4) is 6.07 Å². The highest BCUT2D eigenvalue weighted by molar-refractivity contribution is 6.03. The van der Waals surface area contributed by atoms with Crippen LogP contribution < -0.4 is 5.32 Å². The Labute approximate surface area is 111 Å². The van der Waals surface area contributed by atoms with Gasteiger partial charge in [0.25, 0.3) is 5.91 Å². The lowest BCUT2D eigenvalue weighted by Gasteiger charge is -2.07. The summed E-state index contributed by atoms with van der Waals surface area (Å²) >= 11 is 0. The van der Waals surface area contributed by atoms with Crippen LogP contribution >= 0.6 is 0 Å². The van der Waals surface area contributed by atoms with Crippen LogP contribution in [-0.2, 0) is 6.54 Å². The van der Waals surface area contributed by atoms with Gasteiger partial charge in [0.15, 0.2) is 0 Å². The molecule has 5 heteroatoms. The molecule has 1 aromatic heterocycles. The summed E-state index contributed by atoms with van der Waals surface area (Å²) in [7, 11) is 0. The van der Waals surface area contributed by atoms with Crippen LogP contribution in [-0.4, -0.2) is 15.7 Å². The van der Waals surface area contributed by atoms with Crippen LogP contribution in [0.3, 0.4) is 0 Å². The Bertz CT molecular complexity index is 610. The van der Waals surface area contributed by atoms with E-state index >= 15 is 0 Å². The maximum absolute atomic E-state index is 12.0. The molecule has 0 spiro atoms. The molecule has 1 N–H and O–H groups in total. The first kappa shape index (κ1) is 12.8. The van der Waals surface area contributed by atoms with Crippen LogP contribution in [0.4, 0.5) is 5.82 Å². The summed E-state index contributed by atoms with van der Waals surface area (Å²) in [5.41, 5.74) is 1.40.